The lowest BCUT2D eigenvalue weighted by atomic mass is 9.89. The van der Waals surface area contributed by atoms with Crippen molar-refractivity contribution in [3.8, 4) is 5.88 Å². The van der Waals surface area contributed by atoms with Gasteiger partial charge in [0.1, 0.15) is 5.69 Å². The summed E-state index contributed by atoms with van der Waals surface area (Å²) >= 11 is 0. The summed E-state index contributed by atoms with van der Waals surface area (Å²) in [6, 6.07) is 28.8. The number of amides is 4. The Morgan fingerprint density at radius 3 is 1.58 bits per heavy atom. The van der Waals surface area contributed by atoms with E-state index in [9.17, 15) is 24.0 Å². The van der Waals surface area contributed by atoms with E-state index < -0.39 is 11.5 Å². The number of fused-ring (bicyclic) bond motifs is 2. The minimum Gasteiger partial charge on any atom is -0.481 e. The standard InChI is InChI=1S/C28H30N6O3.C27H28N6O3/c1-37-25-14-13-24(26(32-25)28(36)29-17-19-7-3-2-4-8-19)31-27(35)23-12-11-20(18-34-16-15-30-33-34)21-9-5-6-10-22(21)23;34-24-13-12-23(25(31-24)27(36)28-16-18-6-2-1-3-7-18)30-26(35)22-11-10-19(17-33-15-14-29-32-33)20-8-4-5-9-21(20)22/h5-6,9-16,19H,2-4,7-8,17-18H2,1H3,(H,29,36)(H,31,35);4-5,8-15,18H,1-3,6-7,16-17H2,(H,28,36)(H,30,35)(H,31,34). The van der Waals surface area contributed by atoms with Crippen LogP contribution in [0.25, 0.3) is 21.5 Å². The van der Waals surface area contributed by atoms with Crippen LogP contribution in [0, 0.1) is 11.8 Å². The Balaban J connectivity index is 0.000000180. The summed E-state index contributed by atoms with van der Waals surface area (Å²) in [6.45, 7) is 2.22. The van der Waals surface area contributed by atoms with Crippen molar-refractivity contribution in [2.75, 3.05) is 30.8 Å². The fraction of sp³-hybridized carbons (Fsp3) is 0.309. The normalized spacial score (nSPS) is 13.9. The van der Waals surface area contributed by atoms with Gasteiger partial charge < -0.3 is 31.0 Å². The van der Waals surface area contributed by atoms with Gasteiger partial charge in [-0.15, -0.1) is 10.2 Å². The number of hydrogen-bond donors (Lipinski definition) is 5. The average Bonchev–Trinajstić information content (AvgIpc) is 4.16. The maximum absolute atomic E-state index is 13.5. The van der Waals surface area contributed by atoms with Gasteiger partial charge in [-0.2, -0.15) is 0 Å². The van der Waals surface area contributed by atoms with Crippen molar-refractivity contribution < 1.29 is 23.9 Å². The summed E-state index contributed by atoms with van der Waals surface area (Å²) in [4.78, 5) is 71.8. The first kappa shape index (κ1) is 49.4. The predicted octanol–water partition coefficient (Wildman–Crippen LogP) is 8.18. The minimum atomic E-state index is -0.404. The molecule has 374 valence electrons. The highest BCUT2D eigenvalue weighted by molar-refractivity contribution is 6.16. The molecule has 2 fully saturated rings. The lowest BCUT2D eigenvalue weighted by Gasteiger charge is -2.22. The van der Waals surface area contributed by atoms with E-state index in [1.54, 1.807) is 58.4 Å². The lowest BCUT2D eigenvalue weighted by molar-refractivity contribution is 0.0930. The number of nitrogens with one attached hydrogen (secondary N) is 5. The number of aromatic nitrogens is 8. The molecule has 2 aliphatic carbocycles. The molecule has 4 amide bonds. The van der Waals surface area contributed by atoms with Crippen LogP contribution in [0.2, 0.25) is 0 Å². The molecule has 0 saturated heterocycles. The van der Waals surface area contributed by atoms with Crippen LogP contribution in [0.3, 0.4) is 0 Å². The molecule has 0 unspecified atom stereocenters. The Hall–Kier alpha value is -8.54. The molecule has 0 spiro atoms. The molecular weight excluding hydrogens is 925 g/mol. The van der Waals surface area contributed by atoms with Gasteiger partial charge in [0.05, 0.1) is 44.0 Å². The van der Waals surface area contributed by atoms with E-state index >= 15 is 0 Å². The van der Waals surface area contributed by atoms with Crippen LogP contribution >= 0.6 is 0 Å². The van der Waals surface area contributed by atoms with Crippen LogP contribution in [0.15, 0.2) is 127 Å². The fourth-order valence-electron chi connectivity index (χ4n) is 9.77. The second-order valence-electron chi connectivity index (χ2n) is 18.5. The van der Waals surface area contributed by atoms with Gasteiger partial charge in [0.15, 0.2) is 5.69 Å². The van der Waals surface area contributed by atoms with Crippen LogP contribution < -0.4 is 31.6 Å². The Bertz CT molecular complexity index is 3270. The Labute approximate surface area is 421 Å². The molecule has 4 aromatic heterocycles. The number of carbonyl (C=O) groups is 4. The van der Waals surface area contributed by atoms with Gasteiger partial charge in [-0.25, -0.2) is 14.3 Å². The van der Waals surface area contributed by atoms with Gasteiger partial charge in [-0.3, -0.25) is 24.0 Å². The van der Waals surface area contributed by atoms with E-state index in [-0.39, 0.29) is 34.8 Å². The molecular formula is C55H58N12O6. The van der Waals surface area contributed by atoms with Gasteiger partial charge in [-0.05, 0) is 94.5 Å². The van der Waals surface area contributed by atoms with Crippen LogP contribution in [0.5, 0.6) is 5.88 Å². The molecule has 0 bridgehead atoms. The zero-order valence-corrected chi connectivity index (χ0v) is 40.7. The molecule has 2 saturated carbocycles. The third-order valence-electron chi connectivity index (χ3n) is 13.6. The molecule has 4 aromatic carbocycles. The van der Waals surface area contributed by atoms with Gasteiger partial charge >= 0.3 is 0 Å². The van der Waals surface area contributed by atoms with E-state index in [0.717, 1.165) is 58.4 Å². The third-order valence-corrected chi connectivity index (χ3v) is 13.6. The van der Waals surface area contributed by atoms with Crippen LogP contribution in [-0.4, -0.2) is 83.8 Å². The topological polar surface area (TPSA) is 233 Å². The number of ether oxygens (including phenoxy) is 1. The van der Waals surface area contributed by atoms with E-state index in [0.29, 0.717) is 60.7 Å². The first-order chi connectivity index (χ1) is 35.7. The molecule has 0 radical (unpaired) electrons. The van der Waals surface area contributed by atoms with Crippen LogP contribution in [0.4, 0.5) is 11.4 Å². The highest BCUT2D eigenvalue weighted by atomic mass is 16.5. The zero-order valence-electron chi connectivity index (χ0n) is 40.7. The highest BCUT2D eigenvalue weighted by Crippen LogP contribution is 2.29. The van der Waals surface area contributed by atoms with E-state index in [1.165, 1.54) is 57.8 Å². The number of methoxy groups -OCH3 is 1. The monoisotopic (exact) mass is 982 g/mol. The molecule has 10 rings (SSSR count). The number of H-pyrrole nitrogens is 1. The van der Waals surface area contributed by atoms with Crippen molar-refractivity contribution in [1.29, 1.82) is 0 Å². The quantitative estimate of drug-likeness (QED) is 0.0657. The fourth-order valence-corrected chi connectivity index (χ4v) is 9.77. The predicted molar refractivity (Wildman–Crippen MR) is 278 cm³/mol. The van der Waals surface area contributed by atoms with E-state index in [1.807, 2.05) is 60.7 Å². The number of rotatable bonds is 15. The first-order valence-corrected chi connectivity index (χ1v) is 24.9. The van der Waals surface area contributed by atoms with Crippen molar-refractivity contribution in [3.63, 3.8) is 0 Å². The number of pyridine rings is 2. The molecule has 5 N–H and O–H groups in total. The third kappa shape index (κ3) is 12.3. The average molecular weight is 983 g/mol. The number of hydrogen-bond acceptors (Lipinski definition) is 11. The number of nitrogens with zero attached hydrogens (tertiary/aromatic N) is 7. The molecule has 8 aromatic rings. The number of aromatic amines is 1. The molecule has 0 atom stereocenters. The maximum Gasteiger partial charge on any atom is 0.272 e. The molecule has 4 heterocycles. The van der Waals surface area contributed by atoms with Crippen LogP contribution in [-0.2, 0) is 13.1 Å². The van der Waals surface area contributed by atoms with E-state index in [2.05, 4.69) is 51.9 Å². The Morgan fingerprint density at radius 2 is 1.07 bits per heavy atom. The zero-order chi connectivity index (χ0) is 50.5. The molecule has 0 aliphatic heterocycles. The van der Waals surface area contributed by atoms with Gasteiger partial charge in [-0.1, -0.05) is 110 Å². The van der Waals surface area contributed by atoms with Crippen molar-refractivity contribution in [3.05, 3.63) is 166 Å². The van der Waals surface area contributed by atoms with Gasteiger partial charge in [0, 0.05) is 48.7 Å². The van der Waals surface area contributed by atoms with Crippen molar-refractivity contribution in [2.24, 2.45) is 11.8 Å². The second kappa shape index (κ2) is 23.6. The van der Waals surface area contributed by atoms with Gasteiger partial charge in [0.2, 0.25) is 11.4 Å². The van der Waals surface area contributed by atoms with E-state index in [4.69, 9.17) is 4.74 Å². The second-order valence-corrected chi connectivity index (χ2v) is 18.5. The molecule has 2 aliphatic rings. The lowest BCUT2D eigenvalue weighted by Crippen LogP contribution is -2.32. The summed E-state index contributed by atoms with van der Waals surface area (Å²) in [6.07, 6.45) is 18.5. The summed E-state index contributed by atoms with van der Waals surface area (Å²) < 4.78 is 8.70. The van der Waals surface area contributed by atoms with Crippen molar-refractivity contribution >= 4 is 56.5 Å². The van der Waals surface area contributed by atoms with Crippen molar-refractivity contribution in [1.82, 2.24) is 50.6 Å². The van der Waals surface area contributed by atoms with Crippen molar-refractivity contribution in [2.45, 2.75) is 77.3 Å². The highest BCUT2D eigenvalue weighted by Gasteiger charge is 2.23. The first-order valence-electron chi connectivity index (χ1n) is 24.9. The number of benzene rings is 4. The summed E-state index contributed by atoms with van der Waals surface area (Å²) in [7, 11) is 1.50. The maximum atomic E-state index is 13.5. The molecule has 18 heteroatoms. The largest absolute Gasteiger partial charge is 0.481 e. The summed E-state index contributed by atoms with van der Waals surface area (Å²) in [5.41, 5.74) is 3.37. The number of carbonyl (C=O) groups excluding carboxylic acids is 4. The SMILES string of the molecule is COc1ccc(NC(=O)c2ccc(Cn3ccnn3)c3ccccc23)c(C(=O)NCC2CCCCC2)n1.O=C(NCC1CCCCC1)c1[nH]c(=O)ccc1NC(=O)c1ccc(Cn2ccnn2)c2ccccc12. The molecule has 73 heavy (non-hydrogen) atoms. The minimum absolute atomic E-state index is 0.0544. The van der Waals surface area contributed by atoms with Gasteiger partial charge in [0.25, 0.3) is 23.6 Å². The summed E-state index contributed by atoms with van der Waals surface area (Å²) in [5, 5.41) is 30.9. The number of anilines is 2. The Kier molecular flexibility index (Phi) is 16.0. The van der Waals surface area contributed by atoms with Crippen LogP contribution in [0.1, 0.15) is 117 Å². The Morgan fingerprint density at radius 1 is 0.575 bits per heavy atom. The molecule has 18 nitrogen and oxygen atoms in total. The smallest absolute Gasteiger partial charge is 0.272 e. The summed E-state index contributed by atoms with van der Waals surface area (Å²) in [5.74, 6) is -0.191.